The second-order valence-corrected chi connectivity index (χ2v) is 9.37. The first-order valence-corrected chi connectivity index (χ1v) is 12.4. The van der Waals surface area contributed by atoms with Crippen LogP contribution in [0.4, 0.5) is 11.4 Å². The molecule has 2 aliphatic heterocycles. The van der Waals surface area contributed by atoms with E-state index in [1.54, 1.807) is 18.2 Å². The lowest BCUT2D eigenvalue weighted by Crippen LogP contribution is -2.33. The summed E-state index contributed by atoms with van der Waals surface area (Å²) in [7, 11) is 0. The van der Waals surface area contributed by atoms with Crippen LogP contribution in [0, 0.1) is 0 Å². The average molecular weight is 477 g/mol. The maximum atomic E-state index is 13.0. The number of anilines is 2. The Labute approximate surface area is 205 Å². The third-order valence-corrected chi connectivity index (χ3v) is 7.07. The largest absolute Gasteiger partial charge is 0.456 e. The van der Waals surface area contributed by atoms with E-state index in [0.29, 0.717) is 33.3 Å². The highest BCUT2D eigenvalue weighted by Gasteiger charge is 2.53. The zero-order chi connectivity index (χ0) is 23.9. The molecule has 0 fully saturated rings. The minimum absolute atomic E-state index is 0.362. The summed E-state index contributed by atoms with van der Waals surface area (Å²) in [4.78, 5) is 15.4. The third-order valence-electron chi connectivity index (χ3n) is 6.74. The predicted molar refractivity (Wildman–Crippen MR) is 136 cm³/mol. The maximum absolute atomic E-state index is 13.0. The predicted octanol–water partition coefficient (Wildman–Crippen LogP) is 6.90. The molecule has 0 radical (unpaired) electrons. The van der Waals surface area contributed by atoms with E-state index in [0.717, 1.165) is 55.6 Å². The van der Waals surface area contributed by atoms with Crippen LogP contribution in [-0.2, 0) is 10.3 Å². The lowest BCUT2D eigenvalue weighted by molar-refractivity contribution is 0.0224. The maximum Gasteiger partial charge on any atom is 0.340 e. The first kappa shape index (κ1) is 22.6. The molecule has 34 heavy (non-hydrogen) atoms. The standard InChI is InChI=1S/C28H29ClN2O3/c1-3-5-13-31(14-6-4-2)18-11-12-21-25(15-18)33-26-17-23(29)24(30)16-22(26)28(21)20-10-8-7-9-19(20)27(32)34-28/h7-12,15-17H,3-6,13-14,30H2,1-2H3. The smallest absolute Gasteiger partial charge is 0.340 e. The summed E-state index contributed by atoms with van der Waals surface area (Å²) in [5, 5.41) is 0.402. The summed E-state index contributed by atoms with van der Waals surface area (Å²) in [6, 6.07) is 17.2. The van der Waals surface area contributed by atoms with Crippen molar-refractivity contribution < 1.29 is 14.3 Å². The van der Waals surface area contributed by atoms with Gasteiger partial charge >= 0.3 is 5.97 Å². The number of halogens is 1. The van der Waals surface area contributed by atoms with Gasteiger partial charge in [0.1, 0.15) is 11.5 Å². The van der Waals surface area contributed by atoms with E-state index >= 15 is 0 Å². The van der Waals surface area contributed by atoms with E-state index in [1.807, 2.05) is 24.3 Å². The number of carbonyl (C=O) groups excluding carboxylic acids is 1. The van der Waals surface area contributed by atoms with Gasteiger partial charge in [-0.1, -0.05) is 56.5 Å². The molecule has 176 valence electrons. The third kappa shape index (κ3) is 3.50. The number of nitrogen functional groups attached to an aromatic ring is 1. The van der Waals surface area contributed by atoms with Crippen LogP contribution in [0.5, 0.6) is 11.5 Å². The second kappa shape index (κ2) is 8.88. The zero-order valence-corrected chi connectivity index (χ0v) is 20.3. The summed E-state index contributed by atoms with van der Waals surface area (Å²) in [6.07, 6.45) is 4.50. The molecule has 6 heteroatoms. The van der Waals surface area contributed by atoms with Gasteiger partial charge in [-0.3, -0.25) is 0 Å². The number of hydrogen-bond acceptors (Lipinski definition) is 5. The number of fused-ring (bicyclic) bond motifs is 6. The van der Waals surface area contributed by atoms with Crippen LogP contribution in [-0.4, -0.2) is 19.1 Å². The van der Waals surface area contributed by atoms with Gasteiger partial charge in [-0.25, -0.2) is 4.79 Å². The number of unbranched alkanes of at least 4 members (excludes halogenated alkanes) is 2. The van der Waals surface area contributed by atoms with Gasteiger partial charge in [0.2, 0.25) is 0 Å². The van der Waals surface area contributed by atoms with Gasteiger partial charge < -0.3 is 20.1 Å². The van der Waals surface area contributed by atoms with E-state index in [9.17, 15) is 4.79 Å². The molecule has 3 aromatic rings. The van der Waals surface area contributed by atoms with E-state index in [4.69, 9.17) is 26.8 Å². The van der Waals surface area contributed by atoms with Gasteiger partial charge in [0.05, 0.1) is 16.3 Å². The first-order valence-electron chi connectivity index (χ1n) is 12.0. The fourth-order valence-electron chi connectivity index (χ4n) is 4.96. The summed E-state index contributed by atoms with van der Waals surface area (Å²) in [5.41, 5.74) is 9.37. The molecule has 3 aromatic carbocycles. The fourth-order valence-corrected chi connectivity index (χ4v) is 5.12. The van der Waals surface area contributed by atoms with Crippen LogP contribution in [0.1, 0.15) is 66.6 Å². The Morgan fingerprint density at radius 1 is 0.912 bits per heavy atom. The highest BCUT2D eigenvalue weighted by molar-refractivity contribution is 6.33. The lowest BCUT2D eigenvalue weighted by atomic mass is 9.77. The van der Waals surface area contributed by atoms with Gasteiger partial charge in [-0.2, -0.15) is 0 Å². The molecule has 1 atom stereocenters. The molecular weight excluding hydrogens is 448 g/mol. The van der Waals surface area contributed by atoms with Crippen molar-refractivity contribution in [3.05, 3.63) is 81.9 Å². The Hall–Kier alpha value is -3.18. The van der Waals surface area contributed by atoms with Gasteiger partial charge in [0.25, 0.3) is 0 Å². The van der Waals surface area contributed by atoms with Gasteiger partial charge in [-0.15, -0.1) is 0 Å². The normalized spacial score (nSPS) is 17.6. The van der Waals surface area contributed by atoms with Crippen molar-refractivity contribution in [2.24, 2.45) is 0 Å². The Morgan fingerprint density at radius 2 is 1.62 bits per heavy atom. The molecule has 0 aromatic heterocycles. The van der Waals surface area contributed by atoms with Crippen LogP contribution in [0.2, 0.25) is 5.02 Å². The van der Waals surface area contributed by atoms with Crippen molar-refractivity contribution in [3.63, 3.8) is 0 Å². The Bertz CT molecular complexity index is 1250. The quantitative estimate of drug-likeness (QED) is 0.297. The lowest BCUT2D eigenvalue weighted by Gasteiger charge is -2.37. The van der Waals surface area contributed by atoms with Crippen LogP contribution >= 0.6 is 11.6 Å². The van der Waals surface area contributed by atoms with Gasteiger partial charge in [0.15, 0.2) is 5.60 Å². The highest BCUT2D eigenvalue weighted by atomic mass is 35.5. The van der Waals surface area contributed by atoms with Crippen molar-refractivity contribution in [1.29, 1.82) is 0 Å². The van der Waals surface area contributed by atoms with Crippen molar-refractivity contribution >= 4 is 28.9 Å². The van der Waals surface area contributed by atoms with Crippen molar-refractivity contribution in [1.82, 2.24) is 0 Å². The van der Waals surface area contributed by atoms with Crippen molar-refractivity contribution in [3.8, 4) is 11.5 Å². The molecule has 2 aliphatic rings. The Balaban J connectivity index is 1.70. The number of hydrogen-bond donors (Lipinski definition) is 1. The van der Waals surface area contributed by atoms with E-state index in [2.05, 4.69) is 30.9 Å². The van der Waals surface area contributed by atoms with Gasteiger partial charge in [-0.05, 0) is 37.1 Å². The molecule has 5 rings (SSSR count). The van der Waals surface area contributed by atoms with E-state index in [-0.39, 0.29) is 5.97 Å². The number of nitrogens with two attached hydrogens (primary N) is 1. The first-order chi connectivity index (χ1) is 16.5. The number of rotatable bonds is 7. The molecule has 5 nitrogen and oxygen atoms in total. The van der Waals surface area contributed by atoms with Crippen LogP contribution in [0.3, 0.4) is 0 Å². The topological polar surface area (TPSA) is 64.8 Å². The Kier molecular flexibility index (Phi) is 5.90. The summed E-state index contributed by atoms with van der Waals surface area (Å²) in [5.74, 6) is 0.842. The van der Waals surface area contributed by atoms with Crippen molar-refractivity contribution in [2.45, 2.75) is 45.1 Å². The zero-order valence-electron chi connectivity index (χ0n) is 19.6. The number of esters is 1. The van der Waals surface area contributed by atoms with Gasteiger partial charge in [0, 0.05) is 47.6 Å². The summed E-state index contributed by atoms with van der Waals surface area (Å²) in [6.45, 7) is 6.38. The molecule has 0 saturated heterocycles. The highest BCUT2D eigenvalue weighted by Crippen LogP contribution is 2.57. The van der Waals surface area contributed by atoms with Crippen LogP contribution < -0.4 is 15.4 Å². The Morgan fingerprint density at radius 3 is 2.35 bits per heavy atom. The molecular formula is C28H29ClN2O3. The minimum atomic E-state index is -1.13. The monoisotopic (exact) mass is 476 g/mol. The average Bonchev–Trinajstić information content (AvgIpc) is 3.13. The molecule has 0 bridgehead atoms. The molecule has 0 saturated carbocycles. The van der Waals surface area contributed by atoms with E-state index < -0.39 is 5.60 Å². The van der Waals surface area contributed by atoms with Crippen LogP contribution in [0.25, 0.3) is 0 Å². The molecule has 0 amide bonds. The minimum Gasteiger partial charge on any atom is -0.456 e. The second-order valence-electron chi connectivity index (χ2n) is 8.96. The molecule has 2 N–H and O–H groups in total. The SMILES string of the molecule is CCCCN(CCCC)c1ccc2c(c1)Oc1cc(Cl)c(N)cc1C21OC(=O)c2ccccc21. The van der Waals surface area contributed by atoms with Crippen LogP contribution in [0.15, 0.2) is 54.6 Å². The molecule has 0 aliphatic carbocycles. The van der Waals surface area contributed by atoms with E-state index in [1.165, 1.54) is 0 Å². The number of benzene rings is 3. The summed E-state index contributed by atoms with van der Waals surface area (Å²) >= 11 is 6.37. The fraction of sp³-hybridized carbons (Fsp3) is 0.321. The molecule has 1 unspecified atom stereocenters. The molecule has 1 spiro atoms. The number of ether oxygens (including phenoxy) is 2. The number of carbonyl (C=O) groups is 1. The van der Waals surface area contributed by atoms with Crippen molar-refractivity contribution in [2.75, 3.05) is 23.7 Å². The summed E-state index contributed by atoms with van der Waals surface area (Å²) < 4.78 is 12.6. The number of nitrogens with zero attached hydrogens (tertiary/aromatic N) is 1. The molecule has 2 heterocycles.